The molecule has 0 amide bonds. The molecule has 0 aromatic heterocycles. The lowest BCUT2D eigenvalue weighted by atomic mass is 10.1. The first-order valence-corrected chi connectivity index (χ1v) is 4.64. The highest BCUT2D eigenvalue weighted by molar-refractivity contribution is 7.99. The summed E-state index contributed by atoms with van der Waals surface area (Å²) in [6.07, 6.45) is 0.788. The van der Waals surface area contributed by atoms with E-state index < -0.39 is 12.2 Å². The summed E-state index contributed by atoms with van der Waals surface area (Å²) in [6, 6.07) is 0. The molecule has 1 aliphatic rings. The number of aliphatic hydroxyl groups excluding tert-OH is 2. The van der Waals surface area contributed by atoms with Gasteiger partial charge in [0, 0.05) is 18.3 Å². The number of hydrogen-bond acceptors (Lipinski definition) is 4. The second-order valence-electron chi connectivity index (χ2n) is 2.49. The second kappa shape index (κ2) is 3.57. The Labute approximate surface area is 64.8 Å². The van der Waals surface area contributed by atoms with Crippen molar-refractivity contribution in [2.24, 2.45) is 0 Å². The minimum absolute atomic E-state index is 0.142. The Morgan fingerprint density at radius 2 is 2.10 bits per heavy atom. The first-order valence-electron chi connectivity index (χ1n) is 3.35. The van der Waals surface area contributed by atoms with Crippen LogP contribution >= 0.6 is 11.8 Å². The topological polar surface area (TPSA) is 52.5 Å². The van der Waals surface area contributed by atoms with Crippen LogP contribution in [0.3, 0.4) is 0 Å². The molecule has 0 saturated carbocycles. The predicted octanol–water partition coefficient (Wildman–Crippen LogP) is -0.957. The molecule has 3 N–H and O–H groups in total. The van der Waals surface area contributed by atoms with Gasteiger partial charge >= 0.3 is 0 Å². The van der Waals surface area contributed by atoms with Crippen LogP contribution in [0.5, 0.6) is 0 Å². The maximum Gasteiger partial charge on any atom is 0.0942 e. The molecule has 0 radical (unpaired) electrons. The van der Waals surface area contributed by atoms with Gasteiger partial charge in [-0.05, 0) is 6.26 Å². The van der Waals surface area contributed by atoms with Gasteiger partial charge in [0.1, 0.15) is 0 Å². The third kappa shape index (κ3) is 1.63. The third-order valence-electron chi connectivity index (χ3n) is 1.78. The fourth-order valence-electron chi connectivity index (χ4n) is 1.09. The van der Waals surface area contributed by atoms with Gasteiger partial charge < -0.3 is 15.5 Å². The van der Waals surface area contributed by atoms with E-state index in [0.717, 1.165) is 6.54 Å². The maximum atomic E-state index is 9.33. The molecule has 3 atom stereocenters. The quantitative estimate of drug-likeness (QED) is 0.466. The summed E-state index contributed by atoms with van der Waals surface area (Å²) < 4.78 is 0. The largest absolute Gasteiger partial charge is 0.389 e. The van der Waals surface area contributed by atoms with E-state index in [-0.39, 0.29) is 5.25 Å². The highest BCUT2D eigenvalue weighted by Crippen LogP contribution is 2.16. The molecule has 60 valence electrons. The number of aliphatic hydroxyl groups is 2. The SMILES string of the molecule is CS[C@H]1CNC[C@@H](O)[C@@H]1O. The van der Waals surface area contributed by atoms with E-state index in [0.29, 0.717) is 6.54 Å². The van der Waals surface area contributed by atoms with E-state index in [1.54, 1.807) is 11.8 Å². The van der Waals surface area contributed by atoms with E-state index in [1.807, 2.05) is 6.26 Å². The second-order valence-corrected chi connectivity index (χ2v) is 3.57. The van der Waals surface area contributed by atoms with Crippen LogP contribution in [0.2, 0.25) is 0 Å². The van der Waals surface area contributed by atoms with Crippen molar-refractivity contribution in [3.05, 3.63) is 0 Å². The molecule has 0 unspecified atom stereocenters. The van der Waals surface area contributed by atoms with Crippen molar-refractivity contribution in [3.8, 4) is 0 Å². The van der Waals surface area contributed by atoms with Crippen molar-refractivity contribution in [1.82, 2.24) is 5.32 Å². The van der Waals surface area contributed by atoms with Crippen LogP contribution in [0.1, 0.15) is 0 Å². The number of hydrogen-bond donors (Lipinski definition) is 3. The molecule has 1 saturated heterocycles. The van der Waals surface area contributed by atoms with Crippen LogP contribution in [0, 0.1) is 0 Å². The normalized spacial score (nSPS) is 41.7. The Morgan fingerprint density at radius 1 is 1.40 bits per heavy atom. The molecule has 0 aromatic carbocycles. The van der Waals surface area contributed by atoms with E-state index in [4.69, 9.17) is 5.11 Å². The summed E-state index contributed by atoms with van der Waals surface area (Å²) >= 11 is 1.59. The van der Waals surface area contributed by atoms with Crippen molar-refractivity contribution in [2.75, 3.05) is 19.3 Å². The fourth-order valence-corrected chi connectivity index (χ4v) is 1.83. The summed E-state index contributed by atoms with van der Waals surface area (Å²) in [5, 5.41) is 21.7. The van der Waals surface area contributed by atoms with Gasteiger partial charge in [-0.2, -0.15) is 11.8 Å². The van der Waals surface area contributed by atoms with Crippen LogP contribution in [0.25, 0.3) is 0 Å². The highest BCUT2D eigenvalue weighted by Gasteiger charge is 2.29. The monoisotopic (exact) mass is 163 g/mol. The smallest absolute Gasteiger partial charge is 0.0942 e. The van der Waals surface area contributed by atoms with Gasteiger partial charge in [0.15, 0.2) is 0 Å². The molecule has 4 heteroatoms. The van der Waals surface area contributed by atoms with Gasteiger partial charge in [0.25, 0.3) is 0 Å². The number of rotatable bonds is 1. The van der Waals surface area contributed by atoms with Gasteiger partial charge in [0.05, 0.1) is 12.2 Å². The summed E-state index contributed by atoms with van der Waals surface area (Å²) in [5.41, 5.74) is 0. The van der Waals surface area contributed by atoms with Gasteiger partial charge in [-0.15, -0.1) is 0 Å². The van der Waals surface area contributed by atoms with Crippen LogP contribution in [0.15, 0.2) is 0 Å². The third-order valence-corrected chi connectivity index (χ3v) is 2.83. The molecule has 1 fully saturated rings. The first-order chi connectivity index (χ1) is 4.75. The van der Waals surface area contributed by atoms with Gasteiger partial charge in [-0.3, -0.25) is 0 Å². The van der Waals surface area contributed by atoms with E-state index in [1.165, 1.54) is 0 Å². The molecule has 1 heterocycles. The maximum absolute atomic E-state index is 9.33. The van der Waals surface area contributed by atoms with Gasteiger partial charge in [-0.25, -0.2) is 0 Å². The Balaban J connectivity index is 2.42. The molecule has 0 spiro atoms. The first kappa shape index (κ1) is 8.33. The lowest BCUT2D eigenvalue weighted by molar-refractivity contribution is 0.00472. The summed E-state index contributed by atoms with van der Waals surface area (Å²) in [6.45, 7) is 1.30. The standard InChI is InChI=1S/C6H13NO2S/c1-10-5-3-7-2-4(8)6(5)9/h4-9H,2-3H2,1H3/t4-,5+,6+/m1/s1. The van der Waals surface area contributed by atoms with Gasteiger partial charge in [-0.1, -0.05) is 0 Å². The zero-order valence-corrected chi connectivity index (χ0v) is 6.77. The molecule has 1 rings (SSSR count). The van der Waals surface area contributed by atoms with Crippen LogP contribution in [-0.4, -0.2) is 47.0 Å². The van der Waals surface area contributed by atoms with Crippen LogP contribution < -0.4 is 5.32 Å². The fraction of sp³-hybridized carbons (Fsp3) is 1.00. The number of β-amino-alcohol motifs (C(OH)–C–C–N with tert-alkyl or cyclic N) is 1. The van der Waals surface area contributed by atoms with E-state index >= 15 is 0 Å². The predicted molar refractivity (Wildman–Crippen MR) is 42.2 cm³/mol. The average Bonchev–Trinajstić information content (AvgIpc) is 1.95. The molecular weight excluding hydrogens is 150 g/mol. The Hall–Kier alpha value is 0.230. The van der Waals surface area contributed by atoms with E-state index in [2.05, 4.69) is 5.32 Å². The van der Waals surface area contributed by atoms with Crippen molar-refractivity contribution >= 4 is 11.8 Å². The summed E-state index contributed by atoms with van der Waals surface area (Å²) in [7, 11) is 0. The minimum atomic E-state index is -0.591. The Bertz CT molecular complexity index is 112. The van der Waals surface area contributed by atoms with Crippen LogP contribution in [0.4, 0.5) is 0 Å². The lowest BCUT2D eigenvalue weighted by Crippen LogP contribution is -2.52. The zero-order chi connectivity index (χ0) is 7.56. The van der Waals surface area contributed by atoms with Gasteiger partial charge in [0.2, 0.25) is 0 Å². The molecular formula is C6H13NO2S. The lowest BCUT2D eigenvalue weighted by Gasteiger charge is -2.31. The molecule has 0 bridgehead atoms. The molecule has 0 aromatic rings. The number of thioether (sulfide) groups is 1. The highest BCUT2D eigenvalue weighted by atomic mass is 32.2. The summed E-state index contributed by atoms with van der Waals surface area (Å²) in [5.74, 6) is 0. The Morgan fingerprint density at radius 3 is 2.60 bits per heavy atom. The molecule has 1 aliphatic heterocycles. The van der Waals surface area contributed by atoms with Crippen molar-refractivity contribution in [3.63, 3.8) is 0 Å². The minimum Gasteiger partial charge on any atom is -0.389 e. The van der Waals surface area contributed by atoms with Crippen molar-refractivity contribution in [2.45, 2.75) is 17.5 Å². The zero-order valence-electron chi connectivity index (χ0n) is 5.95. The number of piperidine rings is 1. The molecule has 3 nitrogen and oxygen atoms in total. The Kier molecular flexibility index (Phi) is 2.97. The van der Waals surface area contributed by atoms with Crippen LogP contribution in [-0.2, 0) is 0 Å². The molecule has 10 heavy (non-hydrogen) atoms. The van der Waals surface area contributed by atoms with Crippen molar-refractivity contribution in [1.29, 1.82) is 0 Å². The van der Waals surface area contributed by atoms with Crippen molar-refractivity contribution < 1.29 is 10.2 Å². The average molecular weight is 163 g/mol. The molecule has 0 aliphatic carbocycles. The number of nitrogens with one attached hydrogen (secondary N) is 1. The summed E-state index contributed by atoms with van der Waals surface area (Å²) in [4.78, 5) is 0. The van der Waals surface area contributed by atoms with E-state index in [9.17, 15) is 5.11 Å².